The molecule has 2 rings (SSSR count). The fourth-order valence-electron chi connectivity index (χ4n) is 2.16. The SMILES string of the molecule is CC[C@@H](O)c1c(F)cc(Br)cc1OC1CCOCC1. The Hall–Kier alpha value is -0.650. The summed E-state index contributed by atoms with van der Waals surface area (Å²) in [6.45, 7) is 3.13. The standard InChI is InChI=1S/C14H18BrFO3/c1-2-12(17)14-11(16)7-9(15)8-13(14)19-10-3-5-18-6-4-10/h7-8,10,12,17H,2-6H2,1H3/t12-/m1/s1. The number of aliphatic hydroxyl groups is 1. The molecule has 0 radical (unpaired) electrons. The third-order valence-electron chi connectivity index (χ3n) is 3.24. The first kappa shape index (κ1) is 14.8. The first-order valence-electron chi connectivity index (χ1n) is 6.53. The van der Waals surface area contributed by atoms with Crippen LogP contribution in [0, 0.1) is 5.82 Å². The molecule has 0 aromatic heterocycles. The van der Waals surface area contributed by atoms with E-state index in [0.717, 1.165) is 12.8 Å². The van der Waals surface area contributed by atoms with Crippen LogP contribution in [0.3, 0.4) is 0 Å². The molecule has 1 atom stereocenters. The molecular weight excluding hydrogens is 315 g/mol. The van der Waals surface area contributed by atoms with Crippen LogP contribution in [0.25, 0.3) is 0 Å². The molecule has 0 unspecified atom stereocenters. The summed E-state index contributed by atoms with van der Waals surface area (Å²) in [6.07, 6.45) is 1.20. The van der Waals surface area contributed by atoms with Crippen molar-refractivity contribution in [1.29, 1.82) is 0 Å². The van der Waals surface area contributed by atoms with E-state index in [-0.39, 0.29) is 11.7 Å². The van der Waals surface area contributed by atoms with Crippen molar-refractivity contribution in [3.63, 3.8) is 0 Å². The topological polar surface area (TPSA) is 38.7 Å². The van der Waals surface area contributed by atoms with Crippen LogP contribution in [0.15, 0.2) is 16.6 Å². The molecule has 0 bridgehead atoms. The summed E-state index contributed by atoms with van der Waals surface area (Å²) < 4.78 is 25.8. The van der Waals surface area contributed by atoms with E-state index < -0.39 is 11.9 Å². The number of hydrogen-bond acceptors (Lipinski definition) is 3. The quantitative estimate of drug-likeness (QED) is 0.915. The average Bonchev–Trinajstić information content (AvgIpc) is 2.38. The maximum absolute atomic E-state index is 14.0. The summed E-state index contributed by atoms with van der Waals surface area (Å²) in [7, 11) is 0. The molecule has 1 aliphatic heterocycles. The second-order valence-corrected chi connectivity index (χ2v) is 5.57. The number of halogens is 2. The second-order valence-electron chi connectivity index (χ2n) is 4.65. The molecule has 106 valence electrons. The van der Waals surface area contributed by atoms with E-state index in [1.165, 1.54) is 6.07 Å². The highest BCUT2D eigenvalue weighted by atomic mass is 79.9. The number of benzene rings is 1. The van der Waals surface area contributed by atoms with E-state index in [9.17, 15) is 9.50 Å². The van der Waals surface area contributed by atoms with Crippen molar-refractivity contribution in [1.82, 2.24) is 0 Å². The van der Waals surface area contributed by atoms with Gasteiger partial charge in [0.05, 0.1) is 24.9 Å². The highest BCUT2D eigenvalue weighted by molar-refractivity contribution is 9.10. The Balaban J connectivity index is 2.26. The summed E-state index contributed by atoms with van der Waals surface area (Å²) in [5.74, 6) is -0.0149. The Morgan fingerprint density at radius 2 is 2.16 bits per heavy atom. The van der Waals surface area contributed by atoms with Crippen molar-refractivity contribution in [2.45, 2.75) is 38.4 Å². The largest absolute Gasteiger partial charge is 0.490 e. The molecule has 1 fully saturated rings. The van der Waals surface area contributed by atoms with Crippen molar-refractivity contribution >= 4 is 15.9 Å². The van der Waals surface area contributed by atoms with Crippen molar-refractivity contribution in [3.05, 3.63) is 28.0 Å². The molecule has 3 nitrogen and oxygen atoms in total. The summed E-state index contributed by atoms with van der Waals surface area (Å²) in [5.41, 5.74) is 0.247. The summed E-state index contributed by atoms with van der Waals surface area (Å²) in [5, 5.41) is 9.95. The third kappa shape index (κ3) is 3.68. The summed E-state index contributed by atoms with van der Waals surface area (Å²) in [6, 6.07) is 3.07. The van der Waals surface area contributed by atoms with Gasteiger partial charge >= 0.3 is 0 Å². The van der Waals surface area contributed by atoms with Crippen LogP contribution in [-0.4, -0.2) is 24.4 Å². The Labute approximate surface area is 120 Å². The number of rotatable bonds is 4. The van der Waals surface area contributed by atoms with Crippen molar-refractivity contribution in [2.75, 3.05) is 13.2 Å². The maximum Gasteiger partial charge on any atom is 0.133 e. The zero-order valence-corrected chi connectivity index (χ0v) is 12.5. The van der Waals surface area contributed by atoms with Crippen LogP contribution in [-0.2, 0) is 4.74 Å². The third-order valence-corrected chi connectivity index (χ3v) is 3.70. The van der Waals surface area contributed by atoms with Gasteiger partial charge in [-0.1, -0.05) is 22.9 Å². The monoisotopic (exact) mass is 332 g/mol. The zero-order chi connectivity index (χ0) is 13.8. The van der Waals surface area contributed by atoms with Gasteiger partial charge in [0.2, 0.25) is 0 Å². The van der Waals surface area contributed by atoms with Crippen molar-refractivity contribution < 1.29 is 19.0 Å². The summed E-state index contributed by atoms with van der Waals surface area (Å²) >= 11 is 3.26. The molecule has 1 aromatic rings. The summed E-state index contributed by atoms with van der Waals surface area (Å²) in [4.78, 5) is 0. The van der Waals surface area contributed by atoms with Gasteiger partial charge < -0.3 is 14.6 Å². The minimum Gasteiger partial charge on any atom is -0.490 e. The molecule has 5 heteroatoms. The molecule has 1 N–H and O–H groups in total. The molecule has 0 aliphatic carbocycles. The van der Waals surface area contributed by atoms with E-state index in [2.05, 4.69) is 15.9 Å². The van der Waals surface area contributed by atoms with E-state index in [1.54, 1.807) is 6.07 Å². The van der Waals surface area contributed by atoms with Crippen LogP contribution in [0.1, 0.15) is 37.9 Å². The molecule has 19 heavy (non-hydrogen) atoms. The minimum atomic E-state index is -0.844. The second kappa shape index (κ2) is 6.68. The van der Waals surface area contributed by atoms with Gasteiger partial charge in [-0.05, 0) is 18.6 Å². The molecule has 1 aliphatic rings. The van der Waals surface area contributed by atoms with Crippen molar-refractivity contribution in [3.8, 4) is 5.75 Å². The lowest BCUT2D eigenvalue weighted by Gasteiger charge is -2.25. The zero-order valence-electron chi connectivity index (χ0n) is 10.9. The fourth-order valence-corrected chi connectivity index (χ4v) is 2.57. The Morgan fingerprint density at radius 3 is 2.79 bits per heavy atom. The van der Waals surface area contributed by atoms with E-state index >= 15 is 0 Å². The number of ether oxygens (including phenoxy) is 2. The Bertz CT molecular complexity index is 433. The van der Waals surface area contributed by atoms with Crippen LogP contribution in [0.4, 0.5) is 4.39 Å². The highest BCUT2D eigenvalue weighted by Crippen LogP contribution is 2.34. The molecule has 1 saturated heterocycles. The van der Waals surface area contributed by atoms with Crippen LogP contribution < -0.4 is 4.74 Å². The normalized spacial score (nSPS) is 18.3. The van der Waals surface area contributed by atoms with E-state index in [1.807, 2.05) is 6.92 Å². The van der Waals surface area contributed by atoms with Gasteiger partial charge in [0.1, 0.15) is 17.7 Å². The van der Waals surface area contributed by atoms with Gasteiger partial charge in [0.25, 0.3) is 0 Å². The molecule has 1 aromatic carbocycles. The maximum atomic E-state index is 14.0. The minimum absolute atomic E-state index is 0.0188. The van der Waals surface area contributed by atoms with Gasteiger partial charge in [-0.25, -0.2) is 4.39 Å². The van der Waals surface area contributed by atoms with Crippen LogP contribution in [0.5, 0.6) is 5.75 Å². The molecule has 0 saturated carbocycles. The lowest BCUT2D eigenvalue weighted by molar-refractivity contribution is 0.0237. The first-order chi connectivity index (χ1) is 9.11. The lowest BCUT2D eigenvalue weighted by Crippen LogP contribution is -2.26. The van der Waals surface area contributed by atoms with Gasteiger partial charge in [-0.2, -0.15) is 0 Å². The van der Waals surface area contributed by atoms with Gasteiger partial charge in [-0.15, -0.1) is 0 Å². The molecule has 0 amide bonds. The Kier molecular flexibility index (Phi) is 5.19. The Morgan fingerprint density at radius 1 is 1.47 bits per heavy atom. The van der Waals surface area contributed by atoms with Crippen LogP contribution >= 0.6 is 15.9 Å². The smallest absolute Gasteiger partial charge is 0.133 e. The van der Waals surface area contributed by atoms with E-state index in [4.69, 9.17) is 9.47 Å². The predicted molar refractivity (Wildman–Crippen MR) is 73.8 cm³/mol. The molecular formula is C14H18BrFO3. The van der Waals surface area contributed by atoms with Gasteiger partial charge in [0.15, 0.2) is 0 Å². The van der Waals surface area contributed by atoms with Crippen LogP contribution in [0.2, 0.25) is 0 Å². The highest BCUT2D eigenvalue weighted by Gasteiger charge is 2.22. The van der Waals surface area contributed by atoms with Gasteiger partial charge in [-0.3, -0.25) is 0 Å². The average molecular weight is 333 g/mol. The lowest BCUT2D eigenvalue weighted by atomic mass is 10.0. The van der Waals surface area contributed by atoms with Crippen molar-refractivity contribution in [2.24, 2.45) is 0 Å². The number of hydrogen-bond donors (Lipinski definition) is 1. The fraction of sp³-hybridized carbons (Fsp3) is 0.571. The first-order valence-corrected chi connectivity index (χ1v) is 7.32. The predicted octanol–water partition coefficient (Wildman–Crippen LogP) is 3.59. The molecule has 0 spiro atoms. The molecule has 1 heterocycles. The van der Waals surface area contributed by atoms with E-state index in [0.29, 0.717) is 29.9 Å². The van der Waals surface area contributed by atoms with Gasteiger partial charge in [0, 0.05) is 17.3 Å². The number of aliphatic hydroxyl groups excluding tert-OH is 1.